The van der Waals surface area contributed by atoms with Crippen LogP contribution in [0.5, 0.6) is 5.75 Å². The Morgan fingerprint density at radius 2 is 2.00 bits per heavy atom. The summed E-state index contributed by atoms with van der Waals surface area (Å²) >= 11 is 0. The number of benzene rings is 1. The van der Waals surface area contributed by atoms with Crippen LogP contribution in [0.4, 0.5) is 0 Å². The summed E-state index contributed by atoms with van der Waals surface area (Å²) in [7, 11) is 0. The van der Waals surface area contributed by atoms with E-state index in [4.69, 9.17) is 4.74 Å². The van der Waals surface area contributed by atoms with Gasteiger partial charge >= 0.3 is 0 Å². The average Bonchev–Trinajstić information content (AvgIpc) is 2.41. The smallest absolute Gasteiger partial charge is 0.124 e. The zero-order valence-corrected chi connectivity index (χ0v) is 12.1. The lowest BCUT2D eigenvalue weighted by Crippen LogP contribution is -2.46. The molecule has 1 fully saturated rings. The van der Waals surface area contributed by atoms with Crippen LogP contribution in [0.2, 0.25) is 0 Å². The second-order valence-electron chi connectivity index (χ2n) is 6.68. The molecule has 0 spiro atoms. The summed E-state index contributed by atoms with van der Waals surface area (Å²) in [6, 6.07) is 9.58. The minimum atomic E-state index is 0.422. The van der Waals surface area contributed by atoms with Crippen LogP contribution in [0.1, 0.15) is 57.6 Å². The first kappa shape index (κ1) is 13.0. The minimum Gasteiger partial charge on any atom is -0.493 e. The monoisotopic (exact) mass is 259 g/mol. The molecule has 2 atom stereocenters. The van der Waals surface area contributed by atoms with Crippen LogP contribution < -0.4 is 10.1 Å². The average molecular weight is 259 g/mol. The molecule has 1 aliphatic heterocycles. The fourth-order valence-corrected chi connectivity index (χ4v) is 3.56. The summed E-state index contributed by atoms with van der Waals surface area (Å²) in [5.41, 5.74) is 1.76. The van der Waals surface area contributed by atoms with E-state index < -0.39 is 0 Å². The highest BCUT2D eigenvalue weighted by molar-refractivity contribution is 5.37. The maximum Gasteiger partial charge on any atom is 0.124 e. The largest absolute Gasteiger partial charge is 0.493 e. The predicted octanol–water partition coefficient (Wildman–Crippen LogP) is 4.07. The van der Waals surface area contributed by atoms with Crippen molar-refractivity contribution in [2.24, 2.45) is 5.41 Å². The van der Waals surface area contributed by atoms with Crippen molar-refractivity contribution in [2.45, 2.75) is 58.0 Å². The Hall–Kier alpha value is -1.02. The fraction of sp³-hybridized carbons (Fsp3) is 0.647. The van der Waals surface area contributed by atoms with Crippen molar-refractivity contribution in [1.82, 2.24) is 5.32 Å². The van der Waals surface area contributed by atoms with Crippen LogP contribution in [-0.2, 0) is 0 Å². The third-order valence-electron chi connectivity index (χ3n) is 4.87. The zero-order valence-electron chi connectivity index (χ0n) is 12.1. The van der Waals surface area contributed by atoms with Gasteiger partial charge in [-0.05, 0) is 24.3 Å². The molecule has 1 heterocycles. The van der Waals surface area contributed by atoms with E-state index in [-0.39, 0.29) is 0 Å². The summed E-state index contributed by atoms with van der Waals surface area (Å²) in [5, 5.41) is 3.92. The van der Waals surface area contributed by atoms with Gasteiger partial charge in [0.05, 0.1) is 6.61 Å². The molecule has 1 aliphatic carbocycles. The molecule has 0 aromatic heterocycles. The second kappa shape index (κ2) is 5.16. The fourth-order valence-electron chi connectivity index (χ4n) is 3.56. The van der Waals surface area contributed by atoms with Crippen molar-refractivity contribution >= 4 is 0 Å². The summed E-state index contributed by atoms with van der Waals surface area (Å²) in [6.45, 7) is 5.66. The first-order chi connectivity index (χ1) is 9.17. The molecule has 1 saturated carbocycles. The summed E-state index contributed by atoms with van der Waals surface area (Å²) < 4.78 is 5.75. The minimum absolute atomic E-state index is 0.422. The molecule has 2 heteroatoms. The van der Waals surface area contributed by atoms with Crippen LogP contribution in [0, 0.1) is 5.41 Å². The van der Waals surface area contributed by atoms with E-state index in [2.05, 4.69) is 43.4 Å². The van der Waals surface area contributed by atoms with Gasteiger partial charge in [0.15, 0.2) is 0 Å². The van der Waals surface area contributed by atoms with E-state index in [1.807, 2.05) is 0 Å². The highest BCUT2D eigenvalue weighted by Gasteiger charge is 2.34. The Labute approximate surface area is 116 Å². The number of fused-ring (bicyclic) bond motifs is 1. The summed E-state index contributed by atoms with van der Waals surface area (Å²) in [4.78, 5) is 0. The van der Waals surface area contributed by atoms with Gasteiger partial charge in [-0.25, -0.2) is 0 Å². The molecule has 2 unspecified atom stereocenters. The predicted molar refractivity (Wildman–Crippen MR) is 78.5 cm³/mol. The molecule has 2 nitrogen and oxygen atoms in total. The Morgan fingerprint density at radius 1 is 1.16 bits per heavy atom. The van der Waals surface area contributed by atoms with Gasteiger partial charge in [0.25, 0.3) is 0 Å². The van der Waals surface area contributed by atoms with E-state index in [1.54, 1.807) is 0 Å². The topological polar surface area (TPSA) is 21.3 Å². The van der Waals surface area contributed by atoms with Gasteiger partial charge in [-0.15, -0.1) is 0 Å². The van der Waals surface area contributed by atoms with Crippen LogP contribution in [0.15, 0.2) is 24.3 Å². The van der Waals surface area contributed by atoms with Gasteiger partial charge in [-0.1, -0.05) is 44.9 Å². The van der Waals surface area contributed by atoms with Gasteiger partial charge < -0.3 is 10.1 Å². The van der Waals surface area contributed by atoms with Crippen molar-refractivity contribution in [3.8, 4) is 5.75 Å². The third-order valence-corrected chi connectivity index (χ3v) is 4.87. The van der Waals surface area contributed by atoms with Gasteiger partial charge in [-0.3, -0.25) is 0 Å². The lowest BCUT2D eigenvalue weighted by molar-refractivity contribution is 0.141. The maximum atomic E-state index is 5.75. The number of rotatable bonds is 2. The first-order valence-electron chi connectivity index (χ1n) is 7.64. The Kier molecular flexibility index (Phi) is 3.53. The molecule has 19 heavy (non-hydrogen) atoms. The van der Waals surface area contributed by atoms with E-state index in [9.17, 15) is 0 Å². The lowest BCUT2D eigenvalue weighted by atomic mass is 9.73. The number of hydrogen-bond donors (Lipinski definition) is 1. The Morgan fingerprint density at radius 3 is 2.84 bits per heavy atom. The first-order valence-corrected chi connectivity index (χ1v) is 7.64. The third kappa shape index (κ3) is 2.64. The standard InChI is InChI=1S/C17H25NO/c1-17(2)11-6-5-9-16(17)18-14-10-12-19-15-8-4-3-7-13(14)15/h3-4,7-8,14,16,18H,5-6,9-12H2,1-2H3. The number of nitrogens with one attached hydrogen (secondary N) is 1. The quantitative estimate of drug-likeness (QED) is 0.864. The highest BCUT2D eigenvalue weighted by Crippen LogP contribution is 2.39. The summed E-state index contributed by atoms with van der Waals surface area (Å²) in [5.74, 6) is 1.07. The van der Waals surface area contributed by atoms with Crippen LogP contribution >= 0.6 is 0 Å². The maximum absolute atomic E-state index is 5.75. The van der Waals surface area contributed by atoms with E-state index >= 15 is 0 Å². The molecular weight excluding hydrogens is 234 g/mol. The van der Waals surface area contributed by atoms with Crippen LogP contribution in [0.3, 0.4) is 0 Å². The van der Waals surface area contributed by atoms with Crippen molar-refractivity contribution in [3.05, 3.63) is 29.8 Å². The lowest BCUT2D eigenvalue weighted by Gasteiger charge is -2.42. The van der Waals surface area contributed by atoms with Crippen molar-refractivity contribution in [1.29, 1.82) is 0 Å². The van der Waals surface area contributed by atoms with Crippen LogP contribution in [0.25, 0.3) is 0 Å². The molecule has 104 valence electrons. The second-order valence-corrected chi connectivity index (χ2v) is 6.68. The van der Waals surface area contributed by atoms with Crippen molar-refractivity contribution < 1.29 is 4.74 Å². The SMILES string of the molecule is CC1(C)CCCCC1NC1CCOc2ccccc21. The molecule has 1 N–H and O–H groups in total. The summed E-state index contributed by atoms with van der Waals surface area (Å²) in [6.07, 6.45) is 6.49. The van der Waals surface area contributed by atoms with Gasteiger partial charge in [0, 0.05) is 24.1 Å². The Bertz CT molecular complexity index is 441. The molecule has 0 radical (unpaired) electrons. The highest BCUT2D eigenvalue weighted by atomic mass is 16.5. The molecule has 3 rings (SSSR count). The molecule has 0 saturated heterocycles. The molecule has 0 amide bonds. The number of ether oxygens (including phenoxy) is 1. The van der Waals surface area contributed by atoms with Gasteiger partial charge in [0.2, 0.25) is 0 Å². The van der Waals surface area contributed by atoms with Crippen LogP contribution in [-0.4, -0.2) is 12.6 Å². The number of para-hydroxylation sites is 1. The van der Waals surface area contributed by atoms with Crippen molar-refractivity contribution in [2.75, 3.05) is 6.61 Å². The molecule has 1 aromatic rings. The molecular formula is C17H25NO. The van der Waals surface area contributed by atoms with Gasteiger partial charge in [-0.2, -0.15) is 0 Å². The van der Waals surface area contributed by atoms with Gasteiger partial charge in [0.1, 0.15) is 5.75 Å². The Balaban J connectivity index is 1.77. The van der Waals surface area contributed by atoms with E-state index in [0.29, 0.717) is 17.5 Å². The normalized spacial score (nSPS) is 29.4. The zero-order chi connectivity index (χ0) is 13.3. The molecule has 0 bridgehead atoms. The van der Waals surface area contributed by atoms with E-state index in [1.165, 1.54) is 31.2 Å². The molecule has 2 aliphatic rings. The molecule has 1 aromatic carbocycles. The van der Waals surface area contributed by atoms with E-state index in [0.717, 1.165) is 18.8 Å². The number of hydrogen-bond acceptors (Lipinski definition) is 2. The van der Waals surface area contributed by atoms with Crippen molar-refractivity contribution in [3.63, 3.8) is 0 Å².